The lowest BCUT2D eigenvalue weighted by atomic mass is 10.1. The van der Waals surface area contributed by atoms with Crippen LogP contribution in [0.1, 0.15) is 18.5 Å². The first-order chi connectivity index (χ1) is 7.76. The van der Waals surface area contributed by atoms with Crippen LogP contribution in [0.4, 0.5) is 0 Å². The Hall–Kier alpha value is -0.970. The van der Waals surface area contributed by atoms with Crippen molar-refractivity contribution in [2.45, 2.75) is 13.0 Å². The van der Waals surface area contributed by atoms with E-state index in [9.17, 15) is 5.11 Å². The molecule has 1 aliphatic heterocycles. The van der Waals surface area contributed by atoms with Crippen molar-refractivity contribution in [3.63, 3.8) is 0 Å². The number of aliphatic hydroxyl groups excluding tert-OH is 1. The second-order valence-electron chi connectivity index (χ2n) is 3.53. The average molecular weight is 244 g/mol. The minimum Gasteiger partial charge on any atom is -0.454 e. The molecule has 1 aliphatic rings. The van der Waals surface area contributed by atoms with E-state index in [1.165, 1.54) is 0 Å². The normalized spacial score (nSPS) is 15.2. The highest BCUT2D eigenvalue weighted by molar-refractivity contribution is 6.32. The summed E-state index contributed by atoms with van der Waals surface area (Å²) in [7, 11) is 0. The lowest BCUT2D eigenvalue weighted by Crippen LogP contribution is -2.23. The van der Waals surface area contributed by atoms with Crippen molar-refractivity contribution >= 4 is 11.6 Å². The number of ether oxygens (including phenoxy) is 2. The molecule has 2 rings (SSSR count). The molecule has 0 amide bonds. The van der Waals surface area contributed by atoms with Crippen LogP contribution in [0.5, 0.6) is 11.5 Å². The van der Waals surface area contributed by atoms with E-state index in [1.807, 2.05) is 13.0 Å². The Bertz CT molecular complexity index is 384. The Labute approximate surface area is 99.1 Å². The molecule has 0 spiro atoms. The Balaban J connectivity index is 2.31. The summed E-state index contributed by atoms with van der Waals surface area (Å²) in [4.78, 5) is 0. The molecule has 0 radical (unpaired) electrons. The molecule has 0 saturated heterocycles. The quantitative estimate of drug-likeness (QED) is 0.846. The predicted octanol–water partition coefficient (Wildman–Crippen LogP) is 1.71. The molecule has 1 aromatic carbocycles. The summed E-state index contributed by atoms with van der Waals surface area (Å²) in [6, 6.07) is 3.51. The van der Waals surface area contributed by atoms with E-state index in [2.05, 4.69) is 5.32 Å². The third-order valence-electron chi connectivity index (χ3n) is 2.49. The lowest BCUT2D eigenvalue weighted by molar-refractivity contribution is 0.174. The first-order valence-corrected chi connectivity index (χ1v) is 5.57. The zero-order chi connectivity index (χ0) is 11.5. The summed E-state index contributed by atoms with van der Waals surface area (Å²) < 4.78 is 10.5. The van der Waals surface area contributed by atoms with Gasteiger partial charge < -0.3 is 19.9 Å². The molecule has 0 aromatic heterocycles. The number of likely N-dealkylation sites (N-methyl/N-ethyl adjacent to an activating group) is 1. The first-order valence-electron chi connectivity index (χ1n) is 5.19. The van der Waals surface area contributed by atoms with Gasteiger partial charge in [0.05, 0.1) is 17.7 Å². The number of hydrogen-bond donors (Lipinski definition) is 2. The molecule has 1 atom stereocenters. The van der Waals surface area contributed by atoms with Gasteiger partial charge in [-0.1, -0.05) is 18.5 Å². The molecule has 0 fully saturated rings. The van der Waals surface area contributed by atoms with Crippen LogP contribution in [0.3, 0.4) is 0 Å². The van der Waals surface area contributed by atoms with Crippen LogP contribution in [0.2, 0.25) is 5.02 Å². The Morgan fingerprint density at radius 3 is 3.00 bits per heavy atom. The molecule has 0 aliphatic carbocycles. The molecule has 1 unspecified atom stereocenters. The van der Waals surface area contributed by atoms with Gasteiger partial charge in [0.15, 0.2) is 11.5 Å². The highest BCUT2D eigenvalue weighted by Crippen LogP contribution is 2.40. The van der Waals surface area contributed by atoms with Gasteiger partial charge in [-0.3, -0.25) is 0 Å². The number of fused-ring (bicyclic) bond motifs is 1. The average Bonchev–Trinajstić information content (AvgIpc) is 2.74. The molecule has 2 N–H and O–H groups in total. The SMILES string of the molecule is CCNC(CO)c1cc(Cl)c2c(c1)OCO2. The fraction of sp³-hybridized carbons (Fsp3) is 0.455. The smallest absolute Gasteiger partial charge is 0.231 e. The monoisotopic (exact) mass is 243 g/mol. The third-order valence-corrected chi connectivity index (χ3v) is 2.77. The molecule has 4 nitrogen and oxygen atoms in total. The Morgan fingerprint density at radius 1 is 1.50 bits per heavy atom. The number of nitrogens with one attached hydrogen (secondary N) is 1. The van der Waals surface area contributed by atoms with Gasteiger partial charge in [0, 0.05) is 0 Å². The maximum absolute atomic E-state index is 9.27. The van der Waals surface area contributed by atoms with Gasteiger partial charge in [0.2, 0.25) is 6.79 Å². The van der Waals surface area contributed by atoms with Crippen LogP contribution < -0.4 is 14.8 Å². The molecular formula is C11H14ClNO3. The summed E-state index contributed by atoms with van der Waals surface area (Å²) in [6.07, 6.45) is 0. The fourth-order valence-electron chi connectivity index (χ4n) is 1.72. The highest BCUT2D eigenvalue weighted by atomic mass is 35.5. The summed E-state index contributed by atoms with van der Waals surface area (Å²) in [5.74, 6) is 1.22. The van der Waals surface area contributed by atoms with Gasteiger partial charge in [-0.25, -0.2) is 0 Å². The topological polar surface area (TPSA) is 50.7 Å². The van der Waals surface area contributed by atoms with Gasteiger partial charge in [0.1, 0.15) is 0 Å². The highest BCUT2D eigenvalue weighted by Gasteiger charge is 2.20. The van der Waals surface area contributed by atoms with Crippen LogP contribution in [-0.4, -0.2) is 25.1 Å². The van der Waals surface area contributed by atoms with Gasteiger partial charge in [0.25, 0.3) is 0 Å². The van der Waals surface area contributed by atoms with E-state index in [0.29, 0.717) is 16.5 Å². The number of benzene rings is 1. The van der Waals surface area contributed by atoms with Gasteiger partial charge in [-0.15, -0.1) is 0 Å². The molecule has 88 valence electrons. The molecule has 0 bridgehead atoms. The molecule has 1 aromatic rings. The summed E-state index contributed by atoms with van der Waals surface area (Å²) in [5.41, 5.74) is 0.901. The van der Waals surface area contributed by atoms with Crippen molar-refractivity contribution in [2.24, 2.45) is 0 Å². The molecule has 5 heteroatoms. The van der Waals surface area contributed by atoms with Gasteiger partial charge >= 0.3 is 0 Å². The van der Waals surface area contributed by atoms with E-state index >= 15 is 0 Å². The van der Waals surface area contributed by atoms with E-state index in [1.54, 1.807) is 6.07 Å². The van der Waals surface area contributed by atoms with Crippen LogP contribution >= 0.6 is 11.6 Å². The van der Waals surface area contributed by atoms with Crippen molar-refractivity contribution in [2.75, 3.05) is 19.9 Å². The summed E-state index contributed by atoms with van der Waals surface area (Å²) in [5, 5.41) is 12.9. The van der Waals surface area contributed by atoms with Crippen LogP contribution in [0.15, 0.2) is 12.1 Å². The summed E-state index contributed by atoms with van der Waals surface area (Å²) in [6.45, 7) is 2.97. The van der Waals surface area contributed by atoms with Crippen LogP contribution in [0, 0.1) is 0 Å². The van der Waals surface area contributed by atoms with Crippen molar-refractivity contribution in [1.82, 2.24) is 5.32 Å². The van der Waals surface area contributed by atoms with Crippen molar-refractivity contribution in [3.05, 3.63) is 22.7 Å². The van der Waals surface area contributed by atoms with E-state index in [0.717, 1.165) is 12.1 Å². The number of halogens is 1. The standard InChI is InChI=1S/C11H14ClNO3/c1-2-13-9(5-14)7-3-8(12)11-10(4-7)15-6-16-11/h3-4,9,13-14H,2,5-6H2,1H3. The number of aliphatic hydroxyl groups is 1. The molecular weight excluding hydrogens is 230 g/mol. The minimum absolute atomic E-state index is 0.0177. The third kappa shape index (κ3) is 2.09. The summed E-state index contributed by atoms with van der Waals surface area (Å²) >= 11 is 6.06. The van der Waals surface area contributed by atoms with E-state index < -0.39 is 0 Å². The van der Waals surface area contributed by atoms with Gasteiger partial charge in [-0.2, -0.15) is 0 Å². The lowest BCUT2D eigenvalue weighted by Gasteiger charge is -2.16. The van der Waals surface area contributed by atoms with Crippen molar-refractivity contribution < 1.29 is 14.6 Å². The maximum Gasteiger partial charge on any atom is 0.231 e. The fourth-order valence-corrected chi connectivity index (χ4v) is 2.00. The van der Waals surface area contributed by atoms with Gasteiger partial charge in [-0.05, 0) is 24.2 Å². The first kappa shape index (κ1) is 11.5. The Kier molecular flexibility index (Phi) is 3.53. The second kappa shape index (κ2) is 4.91. The van der Waals surface area contributed by atoms with Crippen LogP contribution in [0.25, 0.3) is 0 Å². The Morgan fingerprint density at radius 2 is 2.31 bits per heavy atom. The zero-order valence-electron chi connectivity index (χ0n) is 9.00. The second-order valence-corrected chi connectivity index (χ2v) is 3.94. The largest absolute Gasteiger partial charge is 0.454 e. The maximum atomic E-state index is 9.27. The molecule has 0 saturated carbocycles. The van der Waals surface area contributed by atoms with Crippen molar-refractivity contribution in [1.29, 1.82) is 0 Å². The predicted molar refractivity (Wildman–Crippen MR) is 61.1 cm³/mol. The zero-order valence-corrected chi connectivity index (χ0v) is 9.75. The van der Waals surface area contributed by atoms with E-state index in [4.69, 9.17) is 21.1 Å². The van der Waals surface area contributed by atoms with Crippen LogP contribution in [-0.2, 0) is 0 Å². The minimum atomic E-state index is -0.128. The van der Waals surface area contributed by atoms with Crippen molar-refractivity contribution in [3.8, 4) is 11.5 Å². The number of rotatable bonds is 4. The van der Waals surface area contributed by atoms with E-state index in [-0.39, 0.29) is 19.4 Å². The number of hydrogen-bond acceptors (Lipinski definition) is 4. The molecule has 1 heterocycles. The molecule has 16 heavy (non-hydrogen) atoms.